The Kier molecular flexibility index (Phi) is 6.87. The van der Waals surface area contributed by atoms with E-state index in [-0.39, 0.29) is 0 Å². The third-order valence-corrected chi connectivity index (χ3v) is 14.2. The molecule has 0 atom stereocenters. The van der Waals surface area contributed by atoms with Gasteiger partial charge < -0.3 is 4.90 Å². The molecule has 59 heavy (non-hydrogen) atoms. The second kappa shape index (κ2) is 12.4. The molecule has 0 radical (unpaired) electrons. The van der Waals surface area contributed by atoms with E-state index >= 15 is 0 Å². The van der Waals surface area contributed by atoms with Crippen LogP contribution in [0.4, 0.5) is 17.1 Å². The van der Waals surface area contributed by atoms with Crippen LogP contribution in [0.2, 0.25) is 0 Å². The van der Waals surface area contributed by atoms with Crippen molar-refractivity contribution in [2.45, 2.75) is 5.41 Å². The Bertz CT molecular complexity index is 3380. The molecular formula is C57H35NS. The molecule has 0 saturated carbocycles. The first-order valence-electron chi connectivity index (χ1n) is 20.4. The minimum Gasteiger partial charge on any atom is -0.310 e. The minimum absolute atomic E-state index is 0.437. The van der Waals surface area contributed by atoms with Crippen LogP contribution in [0, 0.1) is 0 Å². The summed E-state index contributed by atoms with van der Waals surface area (Å²) in [5.41, 5.74) is 14.8. The van der Waals surface area contributed by atoms with E-state index in [0.717, 1.165) is 17.1 Å². The molecule has 2 aliphatic carbocycles. The minimum atomic E-state index is -0.437. The maximum Gasteiger partial charge on any atom is 0.0726 e. The first-order valence-corrected chi connectivity index (χ1v) is 21.2. The molecule has 0 amide bonds. The van der Waals surface area contributed by atoms with Crippen molar-refractivity contribution in [3.8, 4) is 32.7 Å². The van der Waals surface area contributed by atoms with E-state index in [0.29, 0.717) is 0 Å². The van der Waals surface area contributed by atoms with Gasteiger partial charge in [0.15, 0.2) is 0 Å². The Morgan fingerprint density at radius 1 is 0.356 bits per heavy atom. The Labute approximate surface area is 346 Å². The highest BCUT2D eigenvalue weighted by Crippen LogP contribution is 2.63. The quantitative estimate of drug-likeness (QED) is 0.161. The molecular weight excluding hydrogens is 731 g/mol. The van der Waals surface area contributed by atoms with E-state index in [9.17, 15) is 0 Å². The second-order valence-corrected chi connectivity index (χ2v) is 17.0. The fraction of sp³-hybridized carbons (Fsp3) is 0.0175. The van der Waals surface area contributed by atoms with E-state index in [4.69, 9.17) is 0 Å². The second-order valence-electron chi connectivity index (χ2n) is 15.9. The predicted molar refractivity (Wildman–Crippen MR) is 251 cm³/mol. The molecule has 0 unspecified atom stereocenters. The predicted octanol–water partition coefficient (Wildman–Crippen LogP) is 15.8. The lowest BCUT2D eigenvalue weighted by Crippen LogP contribution is -2.26. The average molecular weight is 766 g/mol. The van der Waals surface area contributed by atoms with Crippen molar-refractivity contribution in [3.63, 3.8) is 0 Å². The Morgan fingerprint density at radius 3 is 1.47 bits per heavy atom. The van der Waals surface area contributed by atoms with Gasteiger partial charge in [0.2, 0.25) is 0 Å². The van der Waals surface area contributed by atoms with Crippen LogP contribution < -0.4 is 4.90 Å². The van der Waals surface area contributed by atoms with Gasteiger partial charge in [0.05, 0.1) is 11.1 Å². The van der Waals surface area contributed by atoms with Gasteiger partial charge >= 0.3 is 0 Å². The van der Waals surface area contributed by atoms with Gasteiger partial charge in [-0.15, -0.1) is 11.3 Å². The van der Waals surface area contributed by atoms with Crippen LogP contribution in [-0.2, 0) is 5.41 Å². The number of rotatable bonds is 4. The molecule has 0 N–H and O–H groups in total. The van der Waals surface area contributed by atoms with Gasteiger partial charge in [0.1, 0.15) is 0 Å². The van der Waals surface area contributed by atoms with Gasteiger partial charge in [-0.05, 0) is 125 Å². The van der Waals surface area contributed by atoms with E-state index in [1.807, 2.05) is 11.3 Å². The number of hydrogen-bond donors (Lipinski definition) is 0. The zero-order chi connectivity index (χ0) is 38.7. The van der Waals surface area contributed by atoms with Gasteiger partial charge in [0, 0.05) is 26.3 Å². The van der Waals surface area contributed by atoms with Crippen molar-refractivity contribution in [2.24, 2.45) is 0 Å². The molecule has 0 fully saturated rings. The summed E-state index contributed by atoms with van der Waals surface area (Å²) < 4.78 is 1.31. The van der Waals surface area contributed by atoms with E-state index in [1.54, 1.807) is 0 Å². The molecule has 11 aromatic rings. The maximum absolute atomic E-state index is 2.52. The number of hydrogen-bond acceptors (Lipinski definition) is 2. The summed E-state index contributed by atoms with van der Waals surface area (Å²) in [7, 11) is 0. The van der Waals surface area contributed by atoms with Crippen molar-refractivity contribution >= 4 is 70.8 Å². The molecule has 2 aliphatic rings. The summed E-state index contributed by atoms with van der Waals surface area (Å²) in [6, 6.07) is 79.4. The summed E-state index contributed by atoms with van der Waals surface area (Å²) in [6.45, 7) is 0. The van der Waals surface area contributed by atoms with Crippen LogP contribution in [-0.4, -0.2) is 0 Å². The molecule has 0 aliphatic heterocycles. The lowest BCUT2D eigenvalue weighted by molar-refractivity contribution is 0.793. The molecule has 1 heterocycles. The number of benzene rings is 10. The summed E-state index contributed by atoms with van der Waals surface area (Å²) >= 11 is 1.86. The van der Waals surface area contributed by atoms with E-state index < -0.39 is 5.41 Å². The SMILES string of the molecule is c1ccc2c(c1)-c1ccccc1C21c2ccccc2-c2ccc(N(c3ccc(-c4cc5ccccc5s4)cc3)c3cccc4c5ccccc5c5ccccc5c34)cc21. The molecule has 10 aromatic carbocycles. The van der Waals surface area contributed by atoms with Gasteiger partial charge in [0.25, 0.3) is 0 Å². The molecule has 274 valence electrons. The highest BCUT2D eigenvalue weighted by molar-refractivity contribution is 7.22. The zero-order valence-electron chi connectivity index (χ0n) is 32.1. The van der Waals surface area contributed by atoms with Crippen LogP contribution in [0.15, 0.2) is 212 Å². The molecule has 1 aromatic heterocycles. The van der Waals surface area contributed by atoms with E-state index in [2.05, 4.69) is 217 Å². The first kappa shape index (κ1) is 32.8. The zero-order valence-corrected chi connectivity index (χ0v) is 32.9. The molecule has 0 bridgehead atoms. The highest BCUT2D eigenvalue weighted by Gasteiger charge is 2.51. The Balaban J connectivity index is 1.10. The van der Waals surface area contributed by atoms with Crippen LogP contribution in [0.5, 0.6) is 0 Å². The summed E-state index contributed by atoms with van der Waals surface area (Å²) in [6.07, 6.45) is 0. The Morgan fingerprint density at radius 2 is 0.847 bits per heavy atom. The molecule has 1 spiro atoms. The van der Waals surface area contributed by atoms with Crippen molar-refractivity contribution < 1.29 is 0 Å². The fourth-order valence-electron chi connectivity index (χ4n) is 10.7. The van der Waals surface area contributed by atoms with Gasteiger partial charge in [-0.25, -0.2) is 0 Å². The topological polar surface area (TPSA) is 3.24 Å². The number of thiophene rings is 1. The van der Waals surface area contributed by atoms with Crippen molar-refractivity contribution in [1.29, 1.82) is 0 Å². The Hall–Kier alpha value is -7.26. The van der Waals surface area contributed by atoms with Gasteiger partial charge in [-0.1, -0.05) is 170 Å². The van der Waals surface area contributed by atoms with Crippen LogP contribution in [0.3, 0.4) is 0 Å². The van der Waals surface area contributed by atoms with Gasteiger partial charge in [-0.3, -0.25) is 0 Å². The molecule has 1 nitrogen and oxygen atoms in total. The molecule has 0 saturated heterocycles. The summed E-state index contributed by atoms with van der Waals surface area (Å²) in [5.74, 6) is 0. The van der Waals surface area contributed by atoms with Crippen LogP contribution in [0.1, 0.15) is 22.3 Å². The number of fused-ring (bicyclic) bond motifs is 17. The third kappa shape index (κ3) is 4.50. The number of nitrogens with zero attached hydrogens (tertiary/aromatic N) is 1. The molecule has 13 rings (SSSR count). The fourth-order valence-corrected chi connectivity index (χ4v) is 11.7. The lowest BCUT2D eigenvalue weighted by Gasteiger charge is -2.32. The highest BCUT2D eigenvalue weighted by atomic mass is 32.1. The van der Waals surface area contributed by atoms with Crippen molar-refractivity contribution in [3.05, 3.63) is 235 Å². The van der Waals surface area contributed by atoms with Crippen molar-refractivity contribution in [1.82, 2.24) is 0 Å². The smallest absolute Gasteiger partial charge is 0.0726 e. The normalized spacial score (nSPS) is 13.2. The standard InChI is InChI=1S/C57H35NS/c1-12-27-54-37(14-1)34-55(59-54)36-28-30-38(31-29-36)58(53-26-13-22-48-42-16-3-2-15-40(42)41-17-4-5-21-47(41)56(48)53)39-32-33-46-45-20-8-11-25-51(45)57(52(46)35-39)49-23-9-6-18-43(49)44-19-7-10-24-50(44)57/h1-35H. The average Bonchev–Trinajstić information content (AvgIpc) is 3.97. The summed E-state index contributed by atoms with van der Waals surface area (Å²) in [4.78, 5) is 3.80. The van der Waals surface area contributed by atoms with E-state index in [1.165, 1.54) is 97.4 Å². The lowest BCUT2D eigenvalue weighted by atomic mass is 9.70. The molecule has 2 heteroatoms. The van der Waals surface area contributed by atoms with Crippen molar-refractivity contribution in [2.75, 3.05) is 4.90 Å². The largest absolute Gasteiger partial charge is 0.310 e. The monoisotopic (exact) mass is 765 g/mol. The maximum atomic E-state index is 2.52. The summed E-state index contributed by atoms with van der Waals surface area (Å²) in [5, 5.41) is 8.88. The first-order chi connectivity index (χ1) is 29.3. The number of anilines is 3. The van der Waals surface area contributed by atoms with Gasteiger partial charge in [-0.2, -0.15) is 0 Å². The van der Waals surface area contributed by atoms with Crippen LogP contribution >= 0.6 is 11.3 Å². The third-order valence-electron chi connectivity index (χ3n) is 13.1. The van der Waals surface area contributed by atoms with Crippen LogP contribution in [0.25, 0.3) is 75.1 Å².